The topological polar surface area (TPSA) is 29.3 Å². The lowest BCUT2D eigenvalue weighted by Gasteiger charge is -2.32. The Morgan fingerprint density at radius 3 is 2.71 bits per heavy atom. The largest absolute Gasteiger partial charge is 0.622 e. The molecule has 2 aliphatic heterocycles. The molecule has 2 unspecified atom stereocenters. The fourth-order valence-electron chi connectivity index (χ4n) is 3.01. The van der Waals surface area contributed by atoms with Gasteiger partial charge in [0.25, 0.3) is 0 Å². The molecule has 0 radical (unpaired) electrons. The third kappa shape index (κ3) is 1.75. The zero-order valence-electron chi connectivity index (χ0n) is 10.2. The molecular formula is C14H18N2O. The van der Waals surface area contributed by atoms with Crippen LogP contribution >= 0.6 is 0 Å². The lowest BCUT2D eigenvalue weighted by Crippen LogP contribution is -2.44. The molecule has 1 fully saturated rings. The van der Waals surface area contributed by atoms with E-state index >= 15 is 0 Å². The number of fused-ring (bicyclic) bond motifs is 1. The smallest absolute Gasteiger partial charge is 0.220 e. The first-order valence-electron chi connectivity index (χ1n) is 6.41. The summed E-state index contributed by atoms with van der Waals surface area (Å²) in [6, 6.07) is 10.6. The molecule has 0 N–H and O–H groups in total. The number of rotatable bonds is 1. The Morgan fingerprint density at radius 1 is 1.24 bits per heavy atom. The average molecular weight is 230 g/mol. The molecule has 1 saturated heterocycles. The zero-order chi connectivity index (χ0) is 11.8. The summed E-state index contributed by atoms with van der Waals surface area (Å²) in [5.41, 5.74) is 2.01. The summed E-state index contributed by atoms with van der Waals surface area (Å²) in [6.45, 7) is 3.04. The lowest BCUT2D eigenvalue weighted by molar-refractivity contribution is -0.520. The second-order valence-electron chi connectivity index (χ2n) is 5.07. The van der Waals surface area contributed by atoms with Crippen LogP contribution < -0.4 is 0 Å². The van der Waals surface area contributed by atoms with Gasteiger partial charge in [-0.2, -0.15) is 4.74 Å². The van der Waals surface area contributed by atoms with E-state index in [4.69, 9.17) is 0 Å². The lowest BCUT2D eigenvalue weighted by atomic mass is 10.0. The van der Waals surface area contributed by atoms with Gasteiger partial charge < -0.3 is 5.21 Å². The van der Waals surface area contributed by atoms with Crippen LogP contribution in [0.3, 0.4) is 0 Å². The average Bonchev–Trinajstić information content (AvgIpc) is 2.70. The van der Waals surface area contributed by atoms with Crippen molar-refractivity contribution < 1.29 is 4.74 Å². The Bertz CT molecular complexity index is 441. The maximum atomic E-state index is 12.3. The summed E-state index contributed by atoms with van der Waals surface area (Å²) in [4.78, 5) is 2.35. The van der Waals surface area contributed by atoms with Crippen LogP contribution in [-0.4, -0.2) is 34.1 Å². The predicted octanol–water partition coefficient (Wildman–Crippen LogP) is 2.20. The van der Waals surface area contributed by atoms with E-state index in [0.29, 0.717) is 6.04 Å². The van der Waals surface area contributed by atoms with Crippen molar-refractivity contribution in [2.24, 2.45) is 0 Å². The van der Waals surface area contributed by atoms with Gasteiger partial charge in [0.15, 0.2) is 0 Å². The molecule has 3 nitrogen and oxygen atoms in total. The van der Waals surface area contributed by atoms with Crippen molar-refractivity contribution in [1.82, 2.24) is 4.90 Å². The monoisotopic (exact) mass is 230 g/mol. The minimum atomic E-state index is 0.0777. The van der Waals surface area contributed by atoms with Gasteiger partial charge in [-0.05, 0) is 31.9 Å². The highest BCUT2D eigenvalue weighted by Crippen LogP contribution is 2.27. The Kier molecular flexibility index (Phi) is 2.63. The first kappa shape index (κ1) is 10.8. The maximum Gasteiger partial charge on any atom is 0.220 e. The van der Waals surface area contributed by atoms with Gasteiger partial charge >= 0.3 is 0 Å². The van der Waals surface area contributed by atoms with E-state index in [1.807, 2.05) is 30.3 Å². The Balaban J connectivity index is 1.94. The van der Waals surface area contributed by atoms with Crippen LogP contribution in [0.15, 0.2) is 30.3 Å². The highest BCUT2D eigenvalue weighted by Gasteiger charge is 2.41. The molecule has 0 saturated carbocycles. The molecule has 17 heavy (non-hydrogen) atoms. The maximum absolute atomic E-state index is 12.3. The summed E-state index contributed by atoms with van der Waals surface area (Å²) in [5.74, 6) is 0. The fourth-order valence-corrected chi connectivity index (χ4v) is 3.01. The minimum absolute atomic E-state index is 0.0777. The number of hydrogen-bond acceptors (Lipinski definition) is 2. The second kappa shape index (κ2) is 4.15. The minimum Gasteiger partial charge on any atom is -0.622 e. The van der Waals surface area contributed by atoms with Crippen molar-refractivity contribution in [3.8, 4) is 0 Å². The van der Waals surface area contributed by atoms with E-state index in [-0.39, 0.29) is 6.17 Å². The van der Waals surface area contributed by atoms with Crippen molar-refractivity contribution in [3.63, 3.8) is 0 Å². The third-order valence-corrected chi connectivity index (χ3v) is 4.01. The van der Waals surface area contributed by atoms with Gasteiger partial charge in [-0.15, -0.1) is 0 Å². The summed E-state index contributed by atoms with van der Waals surface area (Å²) in [5, 5.41) is 12.3. The van der Waals surface area contributed by atoms with Gasteiger partial charge in [-0.25, -0.2) is 4.90 Å². The van der Waals surface area contributed by atoms with E-state index in [9.17, 15) is 5.21 Å². The molecule has 90 valence electrons. The van der Waals surface area contributed by atoms with Crippen molar-refractivity contribution in [1.29, 1.82) is 0 Å². The highest BCUT2D eigenvalue weighted by atomic mass is 16.5. The van der Waals surface area contributed by atoms with Crippen molar-refractivity contribution in [2.75, 3.05) is 6.54 Å². The van der Waals surface area contributed by atoms with Crippen molar-refractivity contribution >= 4 is 5.71 Å². The summed E-state index contributed by atoms with van der Waals surface area (Å²) < 4.78 is 1.24. The van der Waals surface area contributed by atoms with Crippen LogP contribution in [-0.2, 0) is 0 Å². The summed E-state index contributed by atoms with van der Waals surface area (Å²) in [6.07, 6.45) is 3.47. The van der Waals surface area contributed by atoms with E-state index in [1.165, 1.54) is 17.6 Å². The summed E-state index contributed by atoms with van der Waals surface area (Å²) >= 11 is 0. The SMILES string of the molecule is CC1CCCC2N1CC(c1ccccc1)=[N+]2[O-]. The molecule has 1 aromatic rings. The van der Waals surface area contributed by atoms with Gasteiger partial charge in [0.1, 0.15) is 0 Å². The number of hydrogen-bond donors (Lipinski definition) is 0. The van der Waals surface area contributed by atoms with E-state index in [0.717, 1.165) is 24.2 Å². The molecule has 2 heterocycles. The van der Waals surface area contributed by atoms with Gasteiger partial charge in [0.05, 0.1) is 6.54 Å². The van der Waals surface area contributed by atoms with Crippen LogP contribution in [0.1, 0.15) is 31.7 Å². The van der Waals surface area contributed by atoms with Crippen LogP contribution in [0, 0.1) is 5.21 Å². The van der Waals surface area contributed by atoms with Crippen molar-refractivity contribution in [2.45, 2.75) is 38.4 Å². The molecule has 0 amide bonds. The van der Waals surface area contributed by atoms with E-state index in [2.05, 4.69) is 11.8 Å². The number of hydroxylamine groups is 1. The zero-order valence-corrected chi connectivity index (χ0v) is 10.2. The van der Waals surface area contributed by atoms with Gasteiger partial charge in [0, 0.05) is 18.0 Å². The molecular weight excluding hydrogens is 212 g/mol. The molecule has 3 rings (SSSR count). The van der Waals surface area contributed by atoms with Crippen molar-refractivity contribution in [3.05, 3.63) is 41.1 Å². The van der Waals surface area contributed by atoms with Gasteiger partial charge in [-0.3, -0.25) is 0 Å². The predicted molar refractivity (Wildman–Crippen MR) is 68.0 cm³/mol. The van der Waals surface area contributed by atoms with Gasteiger partial charge in [0.2, 0.25) is 11.9 Å². The van der Waals surface area contributed by atoms with E-state index < -0.39 is 0 Å². The Labute approximate surface area is 102 Å². The molecule has 0 spiro atoms. The third-order valence-electron chi connectivity index (χ3n) is 4.01. The molecule has 0 bridgehead atoms. The number of benzene rings is 1. The number of nitrogens with zero attached hydrogens (tertiary/aromatic N) is 2. The molecule has 2 aliphatic rings. The molecule has 3 heteroatoms. The normalized spacial score (nSPS) is 29.5. The molecule has 0 aromatic heterocycles. The Hall–Kier alpha value is -1.35. The highest BCUT2D eigenvalue weighted by molar-refractivity contribution is 5.99. The molecule has 1 aromatic carbocycles. The standard InChI is InChI=1S/C14H18N2O/c1-11-6-5-9-14-15(11)10-13(16(14)17)12-7-3-2-4-8-12/h2-4,7-8,11,14H,5-6,9-10H2,1H3. The Morgan fingerprint density at radius 2 is 2.00 bits per heavy atom. The van der Waals surface area contributed by atoms with E-state index in [1.54, 1.807) is 0 Å². The first-order valence-corrected chi connectivity index (χ1v) is 6.41. The number of piperidine rings is 1. The second-order valence-corrected chi connectivity index (χ2v) is 5.07. The molecule has 0 aliphatic carbocycles. The van der Waals surface area contributed by atoms with Crippen LogP contribution in [0.5, 0.6) is 0 Å². The molecule has 2 atom stereocenters. The van der Waals surface area contributed by atoms with Crippen LogP contribution in [0.2, 0.25) is 0 Å². The fraction of sp³-hybridized carbons (Fsp3) is 0.500. The first-order chi connectivity index (χ1) is 8.27. The van der Waals surface area contributed by atoms with Crippen LogP contribution in [0.4, 0.5) is 0 Å². The van der Waals surface area contributed by atoms with Gasteiger partial charge in [-0.1, -0.05) is 18.2 Å². The van der Waals surface area contributed by atoms with Crippen LogP contribution in [0.25, 0.3) is 0 Å². The summed E-state index contributed by atoms with van der Waals surface area (Å²) in [7, 11) is 0. The quantitative estimate of drug-likeness (QED) is 0.546.